The number of nitrogens with zero attached hydrogens (tertiary/aromatic N) is 1. The van der Waals surface area contributed by atoms with Crippen LogP contribution in [-0.4, -0.2) is 44.6 Å². The summed E-state index contributed by atoms with van der Waals surface area (Å²) in [5.41, 5.74) is 1.29. The smallest absolute Gasteiger partial charge is 0.253 e. The summed E-state index contributed by atoms with van der Waals surface area (Å²) < 4.78 is 51.6. The second-order valence-corrected chi connectivity index (χ2v) is 9.98. The summed E-state index contributed by atoms with van der Waals surface area (Å²) in [7, 11) is -3.68. The molecule has 1 atom stereocenters. The van der Waals surface area contributed by atoms with Gasteiger partial charge in [-0.2, -0.15) is 4.31 Å². The number of hydrogen-bond donors (Lipinski definition) is 1. The van der Waals surface area contributed by atoms with Crippen molar-refractivity contribution in [3.05, 3.63) is 46.6 Å². The minimum atomic E-state index is -3.68. The quantitative estimate of drug-likeness (QED) is 0.745. The Balaban J connectivity index is 1.41. The van der Waals surface area contributed by atoms with E-state index < -0.39 is 16.1 Å². The van der Waals surface area contributed by atoms with E-state index in [0.29, 0.717) is 42.7 Å². The molecule has 156 valence electrons. The van der Waals surface area contributed by atoms with E-state index in [-0.39, 0.29) is 35.9 Å². The first kappa shape index (κ1) is 20.3. The molecule has 2 aromatic rings. The Morgan fingerprint density at radius 1 is 1.38 bits per heavy atom. The van der Waals surface area contributed by atoms with Crippen molar-refractivity contribution in [3.8, 4) is 5.75 Å². The van der Waals surface area contributed by atoms with Gasteiger partial charge in [-0.3, -0.25) is 4.79 Å². The van der Waals surface area contributed by atoms with Crippen molar-refractivity contribution in [2.75, 3.05) is 19.9 Å². The molecule has 7 nitrogen and oxygen atoms in total. The zero-order valence-electron chi connectivity index (χ0n) is 15.6. The monoisotopic (exact) mass is 440 g/mol. The molecule has 0 bridgehead atoms. The van der Waals surface area contributed by atoms with E-state index in [1.54, 1.807) is 17.5 Å². The molecule has 1 fully saturated rings. The molecule has 0 aliphatic carbocycles. The van der Waals surface area contributed by atoms with Crippen LogP contribution >= 0.6 is 11.3 Å². The Morgan fingerprint density at radius 2 is 2.24 bits per heavy atom. The Bertz CT molecular complexity index is 994. The number of ether oxygens (including phenoxy) is 2. The van der Waals surface area contributed by atoms with Crippen LogP contribution in [0.1, 0.15) is 24.0 Å². The number of thiophene rings is 1. The lowest BCUT2D eigenvalue weighted by Gasteiger charge is -2.23. The van der Waals surface area contributed by atoms with Crippen LogP contribution in [0, 0.1) is 5.82 Å². The number of nitrogens with one attached hydrogen (secondary N) is 1. The third-order valence-corrected chi connectivity index (χ3v) is 8.29. The predicted molar refractivity (Wildman–Crippen MR) is 105 cm³/mol. The largest absolute Gasteiger partial charge is 0.467 e. The van der Waals surface area contributed by atoms with Crippen LogP contribution in [0.15, 0.2) is 33.9 Å². The zero-order chi connectivity index (χ0) is 20.4. The molecule has 2 aliphatic heterocycles. The maximum absolute atomic E-state index is 13.8. The van der Waals surface area contributed by atoms with Gasteiger partial charge in [-0.15, -0.1) is 11.3 Å². The maximum atomic E-state index is 13.8. The topological polar surface area (TPSA) is 84.9 Å². The lowest BCUT2D eigenvalue weighted by molar-refractivity contribution is -0.124. The van der Waals surface area contributed by atoms with Crippen LogP contribution < -0.4 is 10.1 Å². The van der Waals surface area contributed by atoms with Crippen molar-refractivity contribution in [1.29, 1.82) is 0 Å². The highest BCUT2D eigenvalue weighted by molar-refractivity contribution is 7.91. The fraction of sp³-hybridized carbons (Fsp3) is 0.421. The van der Waals surface area contributed by atoms with E-state index in [2.05, 4.69) is 5.32 Å². The zero-order valence-corrected chi connectivity index (χ0v) is 17.2. The number of halogens is 1. The van der Waals surface area contributed by atoms with Gasteiger partial charge < -0.3 is 14.8 Å². The number of fused-ring (bicyclic) bond motifs is 1. The molecule has 0 spiro atoms. The molecule has 29 heavy (non-hydrogen) atoms. The number of carbonyl (C=O) groups excluding carboxylic acids is 1. The Kier molecular flexibility index (Phi) is 5.86. The van der Waals surface area contributed by atoms with Crippen LogP contribution in [0.2, 0.25) is 0 Å². The average molecular weight is 441 g/mol. The highest BCUT2D eigenvalue weighted by atomic mass is 32.2. The third kappa shape index (κ3) is 4.16. The standard InChI is InChI=1S/C19H21FN2O5S2/c20-15-9-13(18-14(10-15)11-26-12-27-18)5-6-21-19(23)16-3-1-7-22(16)29(24,25)17-4-2-8-28-17/h2,4,8-10,16H,1,3,5-7,11-12H2,(H,21,23). The summed E-state index contributed by atoms with van der Waals surface area (Å²) in [5, 5.41) is 4.50. The van der Waals surface area contributed by atoms with Gasteiger partial charge in [0.15, 0.2) is 6.79 Å². The minimum absolute atomic E-state index is 0.107. The van der Waals surface area contributed by atoms with E-state index in [1.807, 2.05) is 0 Å². The molecule has 1 N–H and O–H groups in total. The van der Waals surface area contributed by atoms with E-state index >= 15 is 0 Å². The lowest BCUT2D eigenvalue weighted by atomic mass is 10.1. The maximum Gasteiger partial charge on any atom is 0.253 e. The lowest BCUT2D eigenvalue weighted by Crippen LogP contribution is -2.46. The molecule has 3 heterocycles. The fourth-order valence-corrected chi connectivity index (χ4v) is 6.47. The third-order valence-electron chi connectivity index (χ3n) is 5.01. The van der Waals surface area contributed by atoms with Gasteiger partial charge in [0.2, 0.25) is 5.91 Å². The number of carbonyl (C=O) groups is 1. The Morgan fingerprint density at radius 3 is 3.03 bits per heavy atom. The first-order chi connectivity index (χ1) is 14.0. The van der Waals surface area contributed by atoms with Gasteiger partial charge >= 0.3 is 0 Å². The molecule has 10 heteroatoms. The van der Waals surface area contributed by atoms with E-state index in [9.17, 15) is 17.6 Å². The summed E-state index contributed by atoms with van der Waals surface area (Å²) in [6.45, 7) is 0.964. The molecule has 1 amide bonds. The van der Waals surface area contributed by atoms with Gasteiger partial charge in [0.25, 0.3) is 10.0 Å². The van der Waals surface area contributed by atoms with Crippen LogP contribution in [0.5, 0.6) is 5.75 Å². The molecular weight excluding hydrogens is 419 g/mol. The first-order valence-corrected chi connectivity index (χ1v) is 11.6. The molecule has 0 radical (unpaired) electrons. The van der Waals surface area contributed by atoms with Gasteiger partial charge in [0, 0.05) is 18.7 Å². The van der Waals surface area contributed by atoms with Gasteiger partial charge in [-0.1, -0.05) is 6.07 Å². The van der Waals surface area contributed by atoms with E-state index in [4.69, 9.17) is 9.47 Å². The summed E-state index contributed by atoms with van der Waals surface area (Å²) in [6.07, 6.45) is 1.48. The van der Waals surface area contributed by atoms with Crippen molar-refractivity contribution in [3.63, 3.8) is 0 Å². The van der Waals surface area contributed by atoms with E-state index in [0.717, 1.165) is 11.3 Å². The van der Waals surface area contributed by atoms with Crippen molar-refractivity contribution >= 4 is 27.3 Å². The molecule has 1 aromatic heterocycles. The molecule has 1 aromatic carbocycles. The highest BCUT2D eigenvalue weighted by Crippen LogP contribution is 2.30. The molecule has 1 unspecified atom stereocenters. The normalized spacial score (nSPS) is 19.6. The molecule has 4 rings (SSSR count). The fourth-order valence-electron chi connectivity index (χ4n) is 3.70. The molecule has 1 saturated heterocycles. The number of amides is 1. The summed E-state index contributed by atoms with van der Waals surface area (Å²) in [5.74, 6) is -0.130. The van der Waals surface area contributed by atoms with Crippen LogP contribution in [0.4, 0.5) is 4.39 Å². The summed E-state index contributed by atoms with van der Waals surface area (Å²) in [6, 6.07) is 5.26. The van der Waals surface area contributed by atoms with Crippen LogP contribution in [0.3, 0.4) is 0 Å². The van der Waals surface area contributed by atoms with Gasteiger partial charge in [0.1, 0.15) is 21.8 Å². The van der Waals surface area contributed by atoms with Crippen LogP contribution in [-0.2, 0) is 32.6 Å². The van der Waals surface area contributed by atoms with Gasteiger partial charge in [0.05, 0.1) is 6.61 Å². The van der Waals surface area contributed by atoms with Gasteiger partial charge in [-0.05, 0) is 48.4 Å². The number of sulfonamides is 1. The first-order valence-electron chi connectivity index (χ1n) is 9.32. The highest BCUT2D eigenvalue weighted by Gasteiger charge is 2.39. The number of benzene rings is 1. The molecule has 2 aliphatic rings. The molecule has 0 saturated carbocycles. The number of rotatable bonds is 6. The number of hydrogen-bond acceptors (Lipinski definition) is 6. The Labute approximate surface area is 172 Å². The van der Waals surface area contributed by atoms with Crippen molar-refractivity contribution in [2.45, 2.75) is 36.1 Å². The Hall–Kier alpha value is -2.01. The summed E-state index contributed by atoms with van der Waals surface area (Å²) in [4.78, 5) is 12.7. The molecular formula is C19H21FN2O5S2. The predicted octanol–water partition coefficient (Wildman–Crippen LogP) is 2.27. The summed E-state index contributed by atoms with van der Waals surface area (Å²) >= 11 is 1.14. The van der Waals surface area contributed by atoms with Crippen LogP contribution in [0.25, 0.3) is 0 Å². The second-order valence-electron chi connectivity index (χ2n) is 6.91. The average Bonchev–Trinajstić information content (AvgIpc) is 3.40. The van der Waals surface area contributed by atoms with Gasteiger partial charge in [-0.25, -0.2) is 12.8 Å². The SMILES string of the molecule is O=C(NCCc1cc(F)cc2c1OCOC2)C1CCCN1S(=O)(=O)c1cccs1. The van der Waals surface area contributed by atoms with Crippen molar-refractivity contribution < 1.29 is 27.1 Å². The van der Waals surface area contributed by atoms with Crippen molar-refractivity contribution in [2.24, 2.45) is 0 Å². The second kappa shape index (κ2) is 8.39. The van der Waals surface area contributed by atoms with E-state index in [1.165, 1.54) is 16.4 Å². The van der Waals surface area contributed by atoms with Crippen molar-refractivity contribution in [1.82, 2.24) is 9.62 Å². The minimum Gasteiger partial charge on any atom is -0.467 e.